The molecule has 0 saturated carbocycles. The van der Waals surface area contributed by atoms with Gasteiger partial charge in [0, 0.05) is 35.7 Å². The first-order chi connectivity index (χ1) is 14.3. The molecule has 158 valence electrons. The number of fused-ring (bicyclic) bond motifs is 1. The lowest BCUT2D eigenvalue weighted by atomic mass is 10.0. The number of aryl methyl sites for hydroxylation is 1. The summed E-state index contributed by atoms with van der Waals surface area (Å²) in [4.78, 5) is 26.8. The number of halogens is 1. The summed E-state index contributed by atoms with van der Waals surface area (Å²) >= 11 is 5.98. The topological polar surface area (TPSA) is 75.6 Å². The molecular formula is C22H25ClN4O3. The average molecular weight is 429 g/mol. The van der Waals surface area contributed by atoms with Crippen LogP contribution in [0.3, 0.4) is 0 Å². The maximum atomic E-state index is 12.4. The van der Waals surface area contributed by atoms with Crippen LogP contribution in [0.15, 0.2) is 48.7 Å². The van der Waals surface area contributed by atoms with Crippen molar-refractivity contribution < 1.29 is 14.3 Å². The normalized spacial score (nSPS) is 12.1. The lowest BCUT2D eigenvalue weighted by Gasteiger charge is -2.24. The Morgan fingerprint density at radius 1 is 1.17 bits per heavy atom. The van der Waals surface area contributed by atoms with Gasteiger partial charge in [-0.25, -0.2) is 0 Å². The van der Waals surface area contributed by atoms with Gasteiger partial charge < -0.3 is 24.8 Å². The van der Waals surface area contributed by atoms with Crippen molar-refractivity contribution in [1.82, 2.24) is 14.8 Å². The lowest BCUT2D eigenvalue weighted by Crippen LogP contribution is -2.40. The van der Waals surface area contributed by atoms with Gasteiger partial charge in [0.25, 0.3) is 0 Å². The second kappa shape index (κ2) is 9.19. The van der Waals surface area contributed by atoms with Crippen LogP contribution in [0, 0.1) is 0 Å². The fraction of sp³-hybridized carbons (Fsp3) is 0.273. The molecule has 7 nitrogen and oxygen atoms in total. The van der Waals surface area contributed by atoms with Gasteiger partial charge in [0.05, 0.1) is 18.8 Å². The molecule has 1 heterocycles. The number of carbonyl (C=O) groups is 2. The van der Waals surface area contributed by atoms with Gasteiger partial charge in [-0.3, -0.25) is 9.59 Å². The van der Waals surface area contributed by atoms with Crippen LogP contribution in [0.25, 0.3) is 10.9 Å². The molecule has 0 aliphatic rings. The van der Waals surface area contributed by atoms with Crippen LogP contribution in [0.4, 0.5) is 5.69 Å². The molecule has 0 bridgehead atoms. The Morgan fingerprint density at radius 2 is 1.90 bits per heavy atom. The molecule has 0 fully saturated rings. The number of hydrogen-bond donors (Lipinski definition) is 2. The molecule has 1 unspecified atom stereocenters. The number of hydrogen-bond acceptors (Lipinski definition) is 4. The molecule has 2 amide bonds. The minimum absolute atomic E-state index is 0.103. The third kappa shape index (κ3) is 4.58. The Bertz CT molecular complexity index is 1080. The van der Waals surface area contributed by atoms with Gasteiger partial charge in [0.15, 0.2) is 0 Å². The van der Waals surface area contributed by atoms with Gasteiger partial charge in [-0.05, 0) is 43.9 Å². The quantitative estimate of drug-likeness (QED) is 0.591. The van der Waals surface area contributed by atoms with E-state index in [1.807, 2.05) is 38.2 Å². The smallest absolute Gasteiger partial charge is 0.313 e. The summed E-state index contributed by atoms with van der Waals surface area (Å²) in [5.41, 5.74) is 2.52. The van der Waals surface area contributed by atoms with Crippen LogP contribution in [0.2, 0.25) is 5.02 Å². The third-order valence-electron chi connectivity index (χ3n) is 4.98. The van der Waals surface area contributed by atoms with E-state index in [1.54, 1.807) is 12.1 Å². The summed E-state index contributed by atoms with van der Waals surface area (Å²) in [5, 5.41) is 6.82. The number of nitrogens with one attached hydrogen (secondary N) is 2. The number of anilines is 1. The molecular weight excluding hydrogens is 404 g/mol. The van der Waals surface area contributed by atoms with Crippen LogP contribution in [-0.4, -0.2) is 49.0 Å². The molecule has 2 N–H and O–H groups in total. The zero-order chi connectivity index (χ0) is 21.8. The molecule has 0 radical (unpaired) electrons. The largest absolute Gasteiger partial charge is 0.495 e. The van der Waals surface area contributed by atoms with Crippen molar-refractivity contribution in [2.24, 2.45) is 7.05 Å². The van der Waals surface area contributed by atoms with Crippen molar-refractivity contribution in [2.45, 2.75) is 6.04 Å². The molecule has 1 aromatic heterocycles. The Morgan fingerprint density at radius 3 is 2.60 bits per heavy atom. The first-order valence-electron chi connectivity index (χ1n) is 9.45. The number of aromatic nitrogens is 1. The van der Waals surface area contributed by atoms with E-state index in [-0.39, 0.29) is 12.6 Å². The van der Waals surface area contributed by atoms with Gasteiger partial charge >= 0.3 is 11.8 Å². The van der Waals surface area contributed by atoms with Gasteiger partial charge in [-0.2, -0.15) is 0 Å². The highest BCUT2D eigenvalue weighted by molar-refractivity contribution is 6.40. The van der Waals surface area contributed by atoms with Crippen molar-refractivity contribution in [1.29, 1.82) is 0 Å². The zero-order valence-electron chi connectivity index (χ0n) is 17.4. The maximum Gasteiger partial charge on any atom is 0.313 e. The first-order valence-corrected chi connectivity index (χ1v) is 9.82. The predicted octanol–water partition coefficient (Wildman–Crippen LogP) is 3.20. The number of ether oxygens (including phenoxy) is 1. The predicted molar refractivity (Wildman–Crippen MR) is 119 cm³/mol. The van der Waals surface area contributed by atoms with Crippen molar-refractivity contribution in [3.05, 3.63) is 59.2 Å². The molecule has 3 rings (SSSR count). The molecule has 0 spiro atoms. The summed E-state index contributed by atoms with van der Waals surface area (Å²) in [6.45, 7) is 0.278. The summed E-state index contributed by atoms with van der Waals surface area (Å²) < 4.78 is 7.25. The lowest BCUT2D eigenvalue weighted by molar-refractivity contribution is -0.136. The van der Waals surface area contributed by atoms with Crippen molar-refractivity contribution in [2.75, 3.05) is 33.1 Å². The molecule has 2 aromatic carbocycles. The standard InChI is InChI=1S/C22H25ClN4O3/c1-26(2)19(16-13-27(3)18-8-6-5-7-15(16)18)12-24-21(28)22(29)25-17-11-14(23)9-10-20(17)30-4/h5-11,13,19H,12H2,1-4H3,(H,24,28)(H,25,29). The van der Waals surface area contributed by atoms with E-state index < -0.39 is 11.8 Å². The Balaban J connectivity index is 1.73. The van der Waals surface area contributed by atoms with Crippen molar-refractivity contribution in [3.63, 3.8) is 0 Å². The maximum absolute atomic E-state index is 12.4. The SMILES string of the molecule is COc1ccc(Cl)cc1NC(=O)C(=O)NCC(c1cn(C)c2ccccc12)N(C)C. The van der Waals surface area contributed by atoms with Gasteiger partial charge in [0.1, 0.15) is 5.75 Å². The molecule has 0 saturated heterocycles. The van der Waals surface area contributed by atoms with Crippen LogP contribution in [0.1, 0.15) is 11.6 Å². The molecule has 0 aliphatic heterocycles. The summed E-state index contributed by atoms with van der Waals surface area (Å²) in [6, 6.07) is 12.8. The fourth-order valence-corrected chi connectivity index (χ4v) is 3.61. The van der Waals surface area contributed by atoms with E-state index in [4.69, 9.17) is 16.3 Å². The van der Waals surface area contributed by atoms with Crippen molar-refractivity contribution >= 4 is 40.0 Å². The Labute approximate surface area is 180 Å². The molecule has 8 heteroatoms. The number of benzene rings is 2. The van der Waals surface area contributed by atoms with Crippen molar-refractivity contribution in [3.8, 4) is 5.75 Å². The Kier molecular flexibility index (Phi) is 6.64. The summed E-state index contributed by atoms with van der Waals surface area (Å²) in [6.07, 6.45) is 2.05. The second-order valence-corrected chi connectivity index (χ2v) is 7.64. The molecule has 1 atom stereocenters. The summed E-state index contributed by atoms with van der Waals surface area (Å²) in [5.74, 6) is -1.10. The minimum Gasteiger partial charge on any atom is -0.495 e. The highest BCUT2D eigenvalue weighted by Gasteiger charge is 2.22. The van der Waals surface area contributed by atoms with Gasteiger partial charge in [-0.1, -0.05) is 29.8 Å². The fourth-order valence-electron chi connectivity index (χ4n) is 3.44. The van der Waals surface area contributed by atoms with Crippen LogP contribution >= 0.6 is 11.6 Å². The van der Waals surface area contributed by atoms with E-state index in [0.29, 0.717) is 16.5 Å². The van der Waals surface area contributed by atoms with Crippen LogP contribution in [-0.2, 0) is 16.6 Å². The monoisotopic (exact) mass is 428 g/mol. The van der Waals surface area contributed by atoms with Gasteiger partial charge in [0.2, 0.25) is 0 Å². The number of para-hydroxylation sites is 1. The highest BCUT2D eigenvalue weighted by Crippen LogP contribution is 2.29. The number of likely N-dealkylation sites (N-methyl/N-ethyl adjacent to an activating group) is 1. The van der Waals surface area contributed by atoms with E-state index in [0.717, 1.165) is 16.5 Å². The van der Waals surface area contributed by atoms with E-state index in [2.05, 4.69) is 33.5 Å². The number of amides is 2. The van der Waals surface area contributed by atoms with E-state index >= 15 is 0 Å². The van der Waals surface area contributed by atoms with Crippen LogP contribution < -0.4 is 15.4 Å². The molecule has 30 heavy (non-hydrogen) atoms. The number of rotatable bonds is 6. The highest BCUT2D eigenvalue weighted by atomic mass is 35.5. The number of methoxy groups -OCH3 is 1. The van der Waals surface area contributed by atoms with E-state index in [1.165, 1.54) is 13.2 Å². The minimum atomic E-state index is -0.786. The zero-order valence-corrected chi connectivity index (χ0v) is 18.2. The molecule has 3 aromatic rings. The number of carbonyl (C=O) groups excluding carboxylic acids is 2. The van der Waals surface area contributed by atoms with Gasteiger partial charge in [-0.15, -0.1) is 0 Å². The first kappa shape index (κ1) is 21.7. The van der Waals surface area contributed by atoms with Crippen LogP contribution in [0.5, 0.6) is 5.75 Å². The average Bonchev–Trinajstić information content (AvgIpc) is 3.04. The molecule has 0 aliphatic carbocycles. The second-order valence-electron chi connectivity index (χ2n) is 7.20. The number of nitrogens with zero attached hydrogens (tertiary/aromatic N) is 2. The Hall–Kier alpha value is -3.03. The third-order valence-corrected chi connectivity index (χ3v) is 5.22. The summed E-state index contributed by atoms with van der Waals surface area (Å²) in [7, 11) is 7.35. The van der Waals surface area contributed by atoms with E-state index in [9.17, 15) is 9.59 Å².